The summed E-state index contributed by atoms with van der Waals surface area (Å²) in [6, 6.07) is 14.7. The molecule has 110 valence electrons. The molecule has 3 aromatic rings. The molecule has 0 saturated heterocycles. The van der Waals surface area contributed by atoms with Crippen molar-refractivity contribution < 1.29 is 14.7 Å². The van der Waals surface area contributed by atoms with Crippen LogP contribution in [0.15, 0.2) is 54.7 Å². The fourth-order valence-corrected chi connectivity index (χ4v) is 2.56. The topological polar surface area (TPSA) is 59.3 Å². The zero-order valence-corrected chi connectivity index (χ0v) is 12.1. The Morgan fingerprint density at radius 1 is 1.05 bits per heavy atom. The van der Waals surface area contributed by atoms with Crippen molar-refractivity contribution in [1.29, 1.82) is 0 Å². The number of rotatable bonds is 3. The van der Waals surface area contributed by atoms with Gasteiger partial charge >= 0.3 is 5.97 Å². The van der Waals surface area contributed by atoms with E-state index in [2.05, 4.69) is 0 Å². The summed E-state index contributed by atoms with van der Waals surface area (Å²) in [6.07, 6.45) is 1.52. The highest BCUT2D eigenvalue weighted by molar-refractivity contribution is 6.03. The van der Waals surface area contributed by atoms with Crippen molar-refractivity contribution in [3.8, 4) is 0 Å². The van der Waals surface area contributed by atoms with Crippen LogP contribution in [0.5, 0.6) is 0 Å². The SMILES string of the molecule is Cc1ccc(C(=O)n2cc(CC(=O)O)c3ccccc32)cc1. The molecule has 0 saturated carbocycles. The highest BCUT2D eigenvalue weighted by Gasteiger charge is 2.16. The van der Waals surface area contributed by atoms with E-state index in [0.717, 1.165) is 16.5 Å². The van der Waals surface area contributed by atoms with Crippen LogP contribution in [0.4, 0.5) is 0 Å². The van der Waals surface area contributed by atoms with Gasteiger partial charge < -0.3 is 5.11 Å². The molecular weight excluding hydrogens is 278 g/mol. The number of fused-ring (bicyclic) bond motifs is 1. The summed E-state index contributed by atoms with van der Waals surface area (Å²) in [7, 11) is 0. The number of para-hydroxylation sites is 1. The molecule has 0 amide bonds. The lowest BCUT2D eigenvalue weighted by Gasteiger charge is -2.04. The van der Waals surface area contributed by atoms with Crippen LogP contribution in [0.2, 0.25) is 0 Å². The van der Waals surface area contributed by atoms with Gasteiger partial charge in [-0.3, -0.25) is 14.2 Å². The van der Waals surface area contributed by atoms with E-state index >= 15 is 0 Å². The first-order valence-corrected chi connectivity index (χ1v) is 6.98. The Kier molecular flexibility index (Phi) is 3.51. The fourth-order valence-electron chi connectivity index (χ4n) is 2.56. The maximum atomic E-state index is 12.7. The normalized spacial score (nSPS) is 10.8. The molecular formula is C18H15NO3. The number of benzene rings is 2. The lowest BCUT2D eigenvalue weighted by atomic mass is 10.1. The lowest BCUT2D eigenvalue weighted by molar-refractivity contribution is -0.136. The van der Waals surface area contributed by atoms with Crippen LogP contribution in [0.3, 0.4) is 0 Å². The second-order valence-electron chi connectivity index (χ2n) is 5.28. The van der Waals surface area contributed by atoms with Crippen LogP contribution in [0.1, 0.15) is 21.5 Å². The number of hydrogen-bond acceptors (Lipinski definition) is 2. The van der Waals surface area contributed by atoms with Gasteiger partial charge in [-0.15, -0.1) is 0 Å². The molecule has 4 nitrogen and oxygen atoms in total. The van der Waals surface area contributed by atoms with Crippen LogP contribution in [-0.2, 0) is 11.2 Å². The highest BCUT2D eigenvalue weighted by Crippen LogP contribution is 2.23. The Bertz CT molecular complexity index is 860. The third-order valence-electron chi connectivity index (χ3n) is 3.65. The number of carboxylic acids is 1. The molecule has 1 N–H and O–H groups in total. The number of aromatic nitrogens is 1. The van der Waals surface area contributed by atoms with E-state index < -0.39 is 5.97 Å². The molecule has 3 rings (SSSR count). The predicted molar refractivity (Wildman–Crippen MR) is 84.2 cm³/mol. The number of carbonyl (C=O) groups excluding carboxylic acids is 1. The van der Waals surface area contributed by atoms with Crippen LogP contribution in [0, 0.1) is 6.92 Å². The Morgan fingerprint density at radius 2 is 1.73 bits per heavy atom. The van der Waals surface area contributed by atoms with Crippen molar-refractivity contribution in [3.05, 3.63) is 71.4 Å². The van der Waals surface area contributed by atoms with Crippen molar-refractivity contribution in [2.24, 2.45) is 0 Å². The van der Waals surface area contributed by atoms with Gasteiger partial charge in [0.15, 0.2) is 0 Å². The van der Waals surface area contributed by atoms with Crippen LogP contribution >= 0.6 is 0 Å². The van der Waals surface area contributed by atoms with E-state index in [1.807, 2.05) is 43.3 Å². The Labute approximate surface area is 127 Å². The van der Waals surface area contributed by atoms with Gasteiger partial charge in [0, 0.05) is 17.1 Å². The minimum absolute atomic E-state index is 0.102. The first kappa shape index (κ1) is 14.1. The maximum Gasteiger partial charge on any atom is 0.307 e. The predicted octanol–water partition coefficient (Wildman–Crippen LogP) is 3.27. The first-order valence-electron chi connectivity index (χ1n) is 6.98. The molecule has 22 heavy (non-hydrogen) atoms. The molecule has 0 atom stereocenters. The van der Waals surface area contributed by atoms with Crippen LogP contribution in [0.25, 0.3) is 10.9 Å². The maximum absolute atomic E-state index is 12.7. The molecule has 0 aliphatic heterocycles. The summed E-state index contributed by atoms with van der Waals surface area (Å²) in [6.45, 7) is 1.96. The van der Waals surface area contributed by atoms with Crippen molar-refractivity contribution in [1.82, 2.24) is 4.57 Å². The van der Waals surface area contributed by atoms with Crippen LogP contribution < -0.4 is 0 Å². The van der Waals surface area contributed by atoms with Gasteiger partial charge in [0.2, 0.25) is 0 Å². The zero-order chi connectivity index (χ0) is 15.7. The van der Waals surface area contributed by atoms with E-state index in [-0.39, 0.29) is 12.3 Å². The van der Waals surface area contributed by atoms with E-state index in [0.29, 0.717) is 11.1 Å². The van der Waals surface area contributed by atoms with Gasteiger partial charge in [-0.25, -0.2) is 0 Å². The molecule has 0 spiro atoms. The Balaban J connectivity index is 2.12. The lowest BCUT2D eigenvalue weighted by Crippen LogP contribution is -2.10. The summed E-state index contributed by atoms with van der Waals surface area (Å²) < 4.78 is 1.53. The van der Waals surface area contributed by atoms with E-state index in [4.69, 9.17) is 5.11 Å². The fraction of sp³-hybridized carbons (Fsp3) is 0.111. The minimum Gasteiger partial charge on any atom is -0.481 e. The number of carboxylic acid groups (broad SMARTS) is 1. The second kappa shape index (κ2) is 5.48. The van der Waals surface area contributed by atoms with E-state index in [1.54, 1.807) is 18.3 Å². The van der Waals surface area contributed by atoms with Crippen molar-refractivity contribution in [2.75, 3.05) is 0 Å². The second-order valence-corrected chi connectivity index (χ2v) is 5.28. The summed E-state index contributed by atoms with van der Waals surface area (Å²) in [5.41, 5.74) is 3.03. The van der Waals surface area contributed by atoms with Crippen molar-refractivity contribution >= 4 is 22.8 Å². The molecule has 4 heteroatoms. The number of nitrogens with zero attached hydrogens (tertiary/aromatic N) is 1. The molecule has 0 radical (unpaired) electrons. The van der Waals surface area contributed by atoms with Gasteiger partial charge in [-0.2, -0.15) is 0 Å². The monoisotopic (exact) mass is 293 g/mol. The van der Waals surface area contributed by atoms with Gasteiger partial charge in [-0.05, 0) is 30.7 Å². The third kappa shape index (κ3) is 2.51. The zero-order valence-electron chi connectivity index (χ0n) is 12.1. The first-order chi connectivity index (χ1) is 10.6. The van der Waals surface area contributed by atoms with Gasteiger partial charge in [-0.1, -0.05) is 35.9 Å². The van der Waals surface area contributed by atoms with Crippen molar-refractivity contribution in [3.63, 3.8) is 0 Å². The Hall–Kier alpha value is -2.88. The van der Waals surface area contributed by atoms with Gasteiger partial charge in [0.05, 0.1) is 11.9 Å². The quantitative estimate of drug-likeness (QED) is 0.806. The standard InChI is InChI=1S/C18H15NO3/c1-12-6-8-13(9-7-12)18(22)19-11-14(10-17(20)21)15-4-2-3-5-16(15)19/h2-9,11H,10H2,1H3,(H,20,21). The number of carbonyl (C=O) groups is 2. The number of hydrogen-bond donors (Lipinski definition) is 1. The third-order valence-corrected chi connectivity index (χ3v) is 3.65. The molecule has 0 unspecified atom stereocenters. The molecule has 0 bridgehead atoms. The highest BCUT2D eigenvalue weighted by atomic mass is 16.4. The average molecular weight is 293 g/mol. The number of aryl methyl sites for hydroxylation is 1. The van der Waals surface area contributed by atoms with E-state index in [9.17, 15) is 9.59 Å². The summed E-state index contributed by atoms with van der Waals surface area (Å²) in [5, 5.41) is 9.82. The Morgan fingerprint density at radius 3 is 2.41 bits per heavy atom. The van der Waals surface area contributed by atoms with Crippen molar-refractivity contribution in [2.45, 2.75) is 13.3 Å². The summed E-state index contributed by atoms with van der Waals surface area (Å²) >= 11 is 0. The summed E-state index contributed by atoms with van der Waals surface area (Å²) in [5.74, 6) is -1.07. The largest absolute Gasteiger partial charge is 0.481 e. The smallest absolute Gasteiger partial charge is 0.307 e. The molecule has 0 fully saturated rings. The number of aliphatic carboxylic acids is 1. The average Bonchev–Trinajstić information content (AvgIpc) is 2.86. The van der Waals surface area contributed by atoms with Gasteiger partial charge in [0.25, 0.3) is 5.91 Å². The molecule has 0 aliphatic carbocycles. The molecule has 0 aliphatic rings. The molecule has 1 aromatic heterocycles. The minimum atomic E-state index is -0.911. The molecule has 1 heterocycles. The van der Waals surface area contributed by atoms with E-state index in [1.165, 1.54) is 4.57 Å². The summed E-state index contributed by atoms with van der Waals surface area (Å²) in [4.78, 5) is 23.7. The van der Waals surface area contributed by atoms with Gasteiger partial charge in [0.1, 0.15) is 0 Å². The molecule has 2 aromatic carbocycles. The van der Waals surface area contributed by atoms with Crippen LogP contribution in [-0.4, -0.2) is 21.6 Å².